The van der Waals surface area contributed by atoms with Crippen LogP contribution in [0.5, 0.6) is 0 Å². The Hall–Kier alpha value is -1.93. The summed E-state index contributed by atoms with van der Waals surface area (Å²) in [5.41, 5.74) is 0.311. The second-order valence-electron chi connectivity index (χ2n) is 2.56. The highest BCUT2D eigenvalue weighted by atomic mass is 32.1. The van der Waals surface area contributed by atoms with Crippen molar-refractivity contribution in [2.45, 2.75) is 0 Å². The number of nitriles is 1. The minimum Gasteiger partial charge on any atom is -0.305 e. The van der Waals surface area contributed by atoms with Gasteiger partial charge in [-0.3, -0.25) is 0 Å². The second-order valence-corrected chi connectivity index (χ2v) is 3.65. The zero-order chi connectivity index (χ0) is 9.97. The molecule has 0 radical (unpaired) electrons. The lowest BCUT2D eigenvalue weighted by Gasteiger charge is -1.93. The lowest BCUT2D eigenvalue weighted by Crippen LogP contribution is -2.08. The SMILES string of the molecule is N#Cc1ccc(-c2ccnc(=O)[nH]2)s1. The Morgan fingerprint density at radius 3 is 2.93 bits per heavy atom. The molecule has 0 amide bonds. The molecule has 2 heterocycles. The molecule has 0 aliphatic rings. The van der Waals surface area contributed by atoms with E-state index in [0.29, 0.717) is 10.6 Å². The van der Waals surface area contributed by atoms with Crippen molar-refractivity contribution in [2.24, 2.45) is 0 Å². The molecule has 2 rings (SSSR count). The number of thiophene rings is 1. The van der Waals surface area contributed by atoms with Crippen LogP contribution in [0.2, 0.25) is 0 Å². The number of aromatic nitrogens is 2. The first-order chi connectivity index (χ1) is 6.79. The van der Waals surface area contributed by atoms with Crippen LogP contribution in [0.25, 0.3) is 10.6 Å². The minimum absolute atomic E-state index is 0.380. The molecule has 2 aromatic heterocycles. The van der Waals surface area contributed by atoms with Gasteiger partial charge in [0.1, 0.15) is 10.9 Å². The van der Waals surface area contributed by atoms with E-state index in [1.54, 1.807) is 18.2 Å². The molecule has 0 saturated heterocycles. The van der Waals surface area contributed by atoms with Crippen molar-refractivity contribution in [1.29, 1.82) is 5.26 Å². The molecule has 5 heteroatoms. The third kappa shape index (κ3) is 1.56. The smallest absolute Gasteiger partial charge is 0.305 e. The summed E-state index contributed by atoms with van der Waals surface area (Å²) in [6.45, 7) is 0. The van der Waals surface area contributed by atoms with E-state index in [4.69, 9.17) is 5.26 Å². The van der Waals surface area contributed by atoms with Crippen LogP contribution >= 0.6 is 11.3 Å². The van der Waals surface area contributed by atoms with Crippen molar-refractivity contribution in [3.63, 3.8) is 0 Å². The molecular weight excluding hydrogens is 198 g/mol. The molecule has 0 aromatic carbocycles. The molecule has 2 aromatic rings. The normalized spacial score (nSPS) is 9.64. The van der Waals surface area contributed by atoms with Crippen molar-refractivity contribution >= 4 is 11.3 Å². The molecule has 0 aliphatic carbocycles. The summed E-state index contributed by atoms with van der Waals surface area (Å²) in [5.74, 6) is 0. The van der Waals surface area contributed by atoms with Crippen LogP contribution < -0.4 is 5.69 Å². The molecule has 0 unspecified atom stereocenters. The number of hydrogen-bond acceptors (Lipinski definition) is 4. The average molecular weight is 203 g/mol. The Morgan fingerprint density at radius 2 is 2.29 bits per heavy atom. The Morgan fingerprint density at radius 1 is 1.43 bits per heavy atom. The Balaban J connectivity index is 2.50. The van der Waals surface area contributed by atoms with Gasteiger partial charge in [0.25, 0.3) is 0 Å². The van der Waals surface area contributed by atoms with Gasteiger partial charge in [-0.25, -0.2) is 9.78 Å². The Labute approximate surface area is 83.5 Å². The van der Waals surface area contributed by atoms with E-state index in [1.807, 2.05) is 6.07 Å². The number of rotatable bonds is 1. The summed E-state index contributed by atoms with van der Waals surface area (Å²) in [6, 6.07) is 7.27. The summed E-state index contributed by atoms with van der Waals surface area (Å²) in [4.78, 5) is 18.5. The topological polar surface area (TPSA) is 69.5 Å². The first-order valence-corrected chi connectivity index (χ1v) is 4.67. The molecule has 0 atom stereocenters. The molecule has 14 heavy (non-hydrogen) atoms. The number of nitrogens with one attached hydrogen (secondary N) is 1. The van der Waals surface area contributed by atoms with Gasteiger partial charge in [0.05, 0.1) is 10.6 Å². The highest BCUT2D eigenvalue weighted by molar-refractivity contribution is 7.15. The fourth-order valence-electron chi connectivity index (χ4n) is 1.06. The van der Waals surface area contributed by atoms with Crippen LogP contribution in [0, 0.1) is 11.3 Å². The molecule has 0 bridgehead atoms. The van der Waals surface area contributed by atoms with Crippen molar-refractivity contribution in [1.82, 2.24) is 9.97 Å². The van der Waals surface area contributed by atoms with E-state index in [9.17, 15) is 4.79 Å². The predicted octanol–water partition coefficient (Wildman–Crippen LogP) is 1.37. The van der Waals surface area contributed by atoms with Gasteiger partial charge in [0, 0.05) is 6.20 Å². The summed E-state index contributed by atoms with van der Waals surface area (Å²) in [7, 11) is 0. The Kier molecular flexibility index (Phi) is 2.13. The van der Waals surface area contributed by atoms with Gasteiger partial charge in [-0.05, 0) is 18.2 Å². The quantitative estimate of drug-likeness (QED) is 0.761. The van der Waals surface area contributed by atoms with E-state index in [-0.39, 0.29) is 5.69 Å². The third-order valence-corrected chi connectivity index (χ3v) is 2.68. The largest absolute Gasteiger partial charge is 0.345 e. The van der Waals surface area contributed by atoms with Crippen LogP contribution in [0.1, 0.15) is 4.88 Å². The van der Waals surface area contributed by atoms with Gasteiger partial charge in [-0.15, -0.1) is 11.3 Å². The van der Waals surface area contributed by atoms with E-state index >= 15 is 0 Å². The van der Waals surface area contributed by atoms with Gasteiger partial charge >= 0.3 is 5.69 Å². The van der Waals surface area contributed by atoms with Gasteiger partial charge in [-0.2, -0.15) is 5.26 Å². The summed E-state index contributed by atoms with van der Waals surface area (Å²) in [5, 5.41) is 8.63. The highest BCUT2D eigenvalue weighted by Crippen LogP contribution is 2.24. The molecule has 0 spiro atoms. The maximum absolute atomic E-state index is 10.9. The molecule has 68 valence electrons. The zero-order valence-electron chi connectivity index (χ0n) is 7.02. The van der Waals surface area contributed by atoms with Crippen molar-refractivity contribution in [3.05, 3.63) is 39.8 Å². The molecule has 0 fully saturated rings. The number of hydrogen-bond donors (Lipinski definition) is 1. The number of H-pyrrole nitrogens is 1. The molecule has 1 N–H and O–H groups in total. The van der Waals surface area contributed by atoms with E-state index in [2.05, 4.69) is 9.97 Å². The fourth-order valence-corrected chi connectivity index (χ4v) is 1.84. The van der Waals surface area contributed by atoms with E-state index in [0.717, 1.165) is 4.88 Å². The average Bonchev–Trinajstić information content (AvgIpc) is 2.66. The number of nitrogens with zero attached hydrogens (tertiary/aromatic N) is 2. The predicted molar refractivity (Wildman–Crippen MR) is 52.9 cm³/mol. The van der Waals surface area contributed by atoms with Crippen LogP contribution in [-0.4, -0.2) is 9.97 Å². The maximum atomic E-state index is 10.9. The first-order valence-electron chi connectivity index (χ1n) is 3.85. The third-order valence-electron chi connectivity index (χ3n) is 1.66. The van der Waals surface area contributed by atoms with Gasteiger partial charge < -0.3 is 4.98 Å². The van der Waals surface area contributed by atoms with Crippen molar-refractivity contribution in [3.8, 4) is 16.6 Å². The fraction of sp³-hybridized carbons (Fsp3) is 0. The van der Waals surface area contributed by atoms with E-state index in [1.165, 1.54) is 17.5 Å². The lowest BCUT2D eigenvalue weighted by atomic mass is 10.3. The summed E-state index contributed by atoms with van der Waals surface area (Å²) < 4.78 is 0. The standard InChI is InChI=1S/C9H5N3OS/c10-5-6-1-2-8(14-6)7-3-4-11-9(13)12-7/h1-4H,(H,11,12,13). The summed E-state index contributed by atoms with van der Waals surface area (Å²) >= 11 is 1.34. The second kappa shape index (κ2) is 3.44. The van der Waals surface area contributed by atoms with Crippen LogP contribution in [0.15, 0.2) is 29.2 Å². The molecular formula is C9H5N3OS. The van der Waals surface area contributed by atoms with Crippen molar-refractivity contribution < 1.29 is 0 Å². The van der Waals surface area contributed by atoms with Gasteiger partial charge in [0.15, 0.2) is 0 Å². The maximum Gasteiger partial charge on any atom is 0.345 e. The zero-order valence-corrected chi connectivity index (χ0v) is 7.84. The Bertz CT molecular complexity index is 549. The van der Waals surface area contributed by atoms with Crippen LogP contribution in [0.3, 0.4) is 0 Å². The van der Waals surface area contributed by atoms with Gasteiger partial charge in [-0.1, -0.05) is 0 Å². The first kappa shape index (κ1) is 8.66. The van der Waals surface area contributed by atoms with Crippen LogP contribution in [0.4, 0.5) is 0 Å². The molecule has 0 aliphatic heterocycles. The summed E-state index contributed by atoms with van der Waals surface area (Å²) in [6.07, 6.45) is 1.44. The molecule has 0 saturated carbocycles. The monoisotopic (exact) mass is 203 g/mol. The van der Waals surface area contributed by atoms with Crippen molar-refractivity contribution in [2.75, 3.05) is 0 Å². The number of aromatic amines is 1. The highest BCUT2D eigenvalue weighted by Gasteiger charge is 2.02. The van der Waals surface area contributed by atoms with Gasteiger partial charge in [0.2, 0.25) is 0 Å². The lowest BCUT2D eigenvalue weighted by molar-refractivity contribution is 1.08. The van der Waals surface area contributed by atoms with E-state index < -0.39 is 0 Å². The molecule has 4 nitrogen and oxygen atoms in total. The minimum atomic E-state index is -0.380. The van der Waals surface area contributed by atoms with Crippen LogP contribution in [-0.2, 0) is 0 Å².